The number of nitrogens with zero attached hydrogens (tertiary/aromatic N) is 1. The maximum Gasteiger partial charge on any atom is 0.109 e. The van der Waals surface area contributed by atoms with E-state index in [0.717, 1.165) is 35.5 Å². The van der Waals surface area contributed by atoms with Crippen molar-refractivity contribution in [1.82, 2.24) is 0 Å². The molecule has 0 bridgehead atoms. The van der Waals surface area contributed by atoms with Crippen LogP contribution in [0.15, 0.2) is 24.3 Å². The molecule has 1 saturated heterocycles. The minimum atomic E-state index is 0.366. The number of hydrogen-bond acceptors (Lipinski definition) is 2. The zero-order valence-electron chi connectivity index (χ0n) is 19.4. The van der Waals surface area contributed by atoms with Crippen molar-refractivity contribution in [3.8, 4) is 0 Å². The summed E-state index contributed by atoms with van der Waals surface area (Å²) in [5.41, 5.74) is 3.38. The van der Waals surface area contributed by atoms with Crippen molar-refractivity contribution in [1.29, 1.82) is 0 Å². The van der Waals surface area contributed by atoms with Gasteiger partial charge in [0.2, 0.25) is 0 Å². The van der Waals surface area contributed by atoms with Crippen LogP contribution in [0.2, 0.25) is 0 Å². The third-order valence-corrected chi connectivity index (χ3v) is 10.5. The first-order chi connectivity index (χ1) is 14.5. The first-order valence-electron chi connectivity index (χ1n) is 13.0. The summed E-state index contributed by atoms with van der Waals surface area (Å²) in [6.45, 7) is 2.64. The van der Waals surface area contributed by atoms with E-state index in [4.69, 9.17) is 4.74 Å². The molecule has 0 spiro atoms. The van der Waals surface area contributed by atoms with Gasteiger partial charge in [0.05, 0.1) is 6.10 Å². The Bertz CT molecular complexity index is 771. The Morgan fingerprint density at radius 1 is 0.833 bits per heavy atom. The highest BCUT2D eigenvalue weighted by Gasteiger charge is 2.58. The van der Waals surface area contributed by atoms with Crippen LogP contribution in [0.25, 0.3) is 0 Å². The number of rotatable bonds is 3. The van der Waals surface area contributed by atoms with Gasteiger partial charge in [0, 0.05) is 19.8 Å². The van der Waals surface area contributed by atoms with Gasteiger partial charge in [-0.3, -0.25) is 0 Å². The summed E-state index contributed by atoms with van der Waals surface area (Å²) in [5.74, 6) is 5.85. The molecule has 1 aromatic carbocycles. The van der Waals surface area contributed by atoms with Gasteiger partial charge in [-0.1, -0.05) is 38.3 Å². The average molecular weight is 408 g/mol. The maximum absolute atomic E-state index is 6.46. The Morgan fingerprint density at radius 2 is 1.67 bits per heavy atom. The van der Waals surface area contributed by atoms with E-state index >= 15 is 0 Å². The largest absolute Gasteiger partial charge is 0.378 e. The van der Waals surface area contributed by atoms with Gasteiger partial charge in [-0.25, -0.2) is 0 Å². The molecule has 4 aliphatic carbocycles. The minimum Gasteiger partial charge on any atom is -0.378 e. The van der Waals surface area contributed by atoms with E-state index in [1.807, 2.05) is 0 Å². The Labute approximate surface area is 183 Å². The summed E-state index contributed by atoms with van der Waals surface area (Å²) in [5, 5.41) is 0. The highest BCUT2D eigenvalue weighted by atomic mass is 16.6. The van der Waals surface area contributed by atoms with Gasteiger partial charge < -0.3 is 9.64 Å². The molecular formula is C28H41NO. The Kier molecular flexibility index (Phi) is 4.75. The number of anilines is 1. The summed E-state index contributed by atoms with van der Waals surface area (Å²) >= 11 is 0. The van der Waals surface area contributed by atoms with E-state index in [9.17, 15) is 0 Å². The number of fused-ring (bicyclic) bond motifs is 5. The minimum absolute atomic E-state index is 0.366. The summed E-state index contributed by atoms with van der Waals surface area (Å²) in [7, 11) is 4.24. The van der Waals surface area contributed by atoms with Gasteiger partial charge >= 0.3 is 0 Å². The number of ether oxygens (including phenoxy) is 1. The summed E-state index contributed by atoms with van der Waals surface area (Å²) in [6.07, 6.45) is 15.9. The first-order valence-corrected chi connectivity index (χ1v) is 13.0. The smallest absolute Gasteiger partial charge is 0.109 e. The van der Waals surface area contributed by atoms with E-state index in [0.29, 0.717) is 17.6 Å². The van der Waals surface area contributed by atoms with Crippen molar-refractivity contribution in [2.45, 2.75) is 83.3 Å². The van der Waals surface area contributed by atoms with Crippen LogP contribution >= 0.6 is 0 Å². The molecule has 1 aromatic rings. The molecule has 9 atom stereocenters. The number of benzene rings is 1. The van der Waals surface area contributed by atoms with E-state index in [1.54, 1.807) is 6.42 Å². The SMILES string of the molecule is CN(C)c1ccc(C2O[C@@H]2[C@H]2CCC[C@@H]3CC[C@@H]4[C@H](CC[C@]5(C)CCC[C@@H]45)[C@H]32)cc1. The predicted molar refractivity (Wildman–Crippen MR) is 124 cm³/mol. The lowest BCUT2D eigenvalue weighted by Crippen LogP contribution is -2.49. The van der Waals surface area contributed by atoms with Gasteiger partial charge in [-0.2, -0.15) is 0 Å². The average Bonchev–Trinajstić information content (AvgIpc) is 3.45. The first kappa shape index (κ1) is 19.6. The summed E-state index contributed by atoms with van der Waals surface area (Å²) in [4.78, 5) is 2.18. The molecule has 0 radical (unpaired) electrons. The molecule has 0 amide bonds. The van der Waals surface area contributed by atoms with Gasteiger partial charge in [0.15, 0.2) is 0 Å². The van der Waals surface area contributed by atoms with E-state index in [-0.39, 0.29) is 0 Å². The van der Waals surface area contributed by atoms with Gasteiger partial charge in [-0.05, 0) is 104 Å². The second-order valence-corrected chi connectivity index (χ2v) is 12.0. The van der Waals surface area contributed by atoms with Crippen molar-refractivity contribution in [2.75, 3.05) is 19.0 Å². The van der Waals surface area contributed by atoms with E-state index in [1.165, 1.54) is 69.0 Å². The standard InChI is InChI=1S/C28H41NO/c1-28-16-5-8-24(28)21-14-11-18-6-4-7-23(25(18)22(21)15-17-28)27-26(30-27)19-9-12-20(13-10-19)29(2)3/h9-10,12-13,18,21-27H,4-8,11,14-17H2,1-3H3/t18-,21-,22+,23+,24+,25+,26?,27-,28+/m1/s1. The van der Waals surface area contributed by atoms with Crippen molar-refractivity contribution >= 4 is 5.69 Å². The highest BCUT2D eigenvalue weighted by Crippen LogP contribution is 2.65. The molecule has 1 aliphatic heterocycles. The van der Waals surface area contributed by atoms with Gasteiger partial charge in [0.1, 0.15) is 6.10 Å². The predicted octanol–water partition coefficient (Wildman–Crippen LogP) is 6.85. The molecule has 4 saturated carbocycles. The summed E-state index contributed by atoms with van der Waals surface area (Å²) < 4.78 is 6.46. The topological polar surface area (TPSA) is 15.8 Å². The Balaban J connectivity index is 1.22. The monoisotopic (exact) mass is 407 g/mol. The van der Waals surface area contributed by atoms with Crippen LogP contribution < -0.4 is 4.90 Å². The molecule has 1 heterocycles. The second kappa shape index (κ2) is 7.26. The van der Waals surface area contributed by atoms with Crippen molar-refractivity contribution in [3.05, 3.63) is 29.8 Å². The molecule has 5 aliphatic rings. The van der Waals surface area contributed by atoms with Crippen molar-refractivity contribution in [3.63, 3.8) is 0 Å². The molecule has 2 nitrogen and oxygen atoms in total. The second-order valence-electron chi connectivity index (χ2n) is 12.0. The van der Waals surface area contributed by atoms with Crippen LogP contribution in [0.5, 0.6) is 0 Å². The maximum atomic E-state index is 6.46. The molecule has 0 N–H and O–H groups in total. The van der Waals surface area contributed by atoms with Gasteiger partial charge in [0.25, 0.3) is 0 Å². The van der Waals surface area contributed by atoms with Crippen LogP contribution in [-0.4, -0.2) is 20.2 Å². The van der Waals surface area contributed by atoms with Crippen molar-refractivity contribution < 1.29 is 4.74 Å². The lowest BCUT2D eigenvalue weighted by Gasteiger charge is -2.56. The van der Waals surface area contributed by atoms with Gasteiger partial charge in [-0.15, -0.1) is 0 Å². The van der Waals surface area contributed by atoms with E-state index < -0.39 is 0 Å². The van der Waals surface area contributed by atoms with Crippen LogP contribution in [0.4, 0.5) is 5.69 Å². The van der Waals surface area contributed by atoms with Crippen LogP contribution in [0, 0.1) is 40.9 Å². The number of hydrogen-bond donors (Lipinski definition) is 0. The lowest BCUT2D eigenvalue weighted by atomic mass is 9.48. The summed E-state index contributed by atoms with van der Waals surface area (Å²) in [6, 6.07) is 9.15. The highest BCUT2D eigenvalue weighted by molar-refractivity contribution is 5.47. The third-order valence-electron chi connectivity index (χ3n) is 10.5. The molecule has 6 rings (SSSR count). The zero-order chi connectivity index (χ0) is 20.5. The molecule has 2 heteroatoms. The quantitative estimate of drug-likeness (QED) is 0.509. The third kappa shape index (κ3) is 3.07. The fourth-order valence-corrected chi connectivity index (χ4v) is 9.03. The molecular weight excluding hydrogens is 366 g/mol. The molecule has 1 unspecified atom stereocenters. The van der Waals surface area contributed by atoms with Crippen LogP contribution in [-0.2, 0) is 4.74 Å². The van der Waals surface area contributed by atoms with Crippen LogP contribution in [0.1, 0.15) is 82.8 Å². The Hall–Kier alpha value is -1.02. The lowest BCUT2D eigenvalue weighted by molar-refractivity contribution is -0.0749. The zero-order valence-corrected chi connectivity index (χ0v) is 19.4. The fourth-order valence-electron chi connectivity index (χ4n) is 9.03. The molecule has 164 valence electrons. The molecule has 0 aromatic heterocycles. The number of epoxide rings is 1. The van der Waals surface area contributed by atoms with E-state index in [2.05, 4.69) is 50.2 Å². The Morgan fingerprint density at radius 3 is 2.47 bits per heavy atom. The fraction of sp³-hybridized carbons (Fsp3) is 0.786. The normalized spacial score (nSPS) is 47.2. The van der Waals surface area contributed by atoms with Crippen LogP contribution in [0.3, 0.4) is 0 Å². The van der Waals surface area contributed by atoms with Crippen molar-refractivity contribution in [2.24, 2.45) is 40.9 Å². The molecule has 30 heavy (non-hydrogen) atoms. The molecule has 5 fully saturated rings.